The predicted octanol–water partition coefficient (Wildman–Crippen LogP) is 3.05. The second-order valence-electron chi connectivity index (χ2n) is 3.16. The van der Waals surface area contributed by atoms with Crippen LogP contribution in [0.1, 0.15) is 40.5 Å². The van der Waals surface area contributed by atoms with Crippen molar-refractivity contribution in [2.75, 3.05) is 0 Å². The van der Waals surface area contributed by atoms with Crippen molar-refractivity contribution in [1.82, 2.24) is 0 Å². The van der Waals surface area contributed by atoms with Crippen molar-refractivity contribution in [2.45, 2.75) is 46.1 Å². The van der Waals surface area contributed by atoms with Crippen molar-refractivity contribution in [2.24, 2.45) is 0 Å². The number of hydrogen-bond acceptors (Lipinski definition) is 2. The molecule has 0 atom stereocenters. The molecule has 0 saturated heterocycles. The van der Waals surface area contributed by atoms with Crippen LogP contribution in [0.15, 0.2) is 12.3 Å². The van der Waals surface area contributed by atoms with Gasteiger partial charge in [-0.2, -0.15) is 4.89 Å². The van der Waals surface area contributed by atoms with Crippen LogP contribution in [0.4, 0.5) is 0 Å². The molecule has 11 heavy (non-hydrogen) atoms. The van der Waals surface area contributed by atoms with Gasteiger partial charge in [-0.1, -0.05) is 13.3 Å². The highest BCUT2D eigenvalue weighted by atomic mass is 17.2. The summed E-state index contributed by atoms with van der Waals surface area (Å²) in [7, 11) is 0. The van der Waals surface area contributed by atoms with Gasteiger partial charge < -0.3 is 4.89 Å². The van der Waals surface area contributed by atoms with Gasteiger partial charge in [-0.15, -0.1) is 0 Å². The molecule has 0 aliphatic rings. The zero-order valence-electron chi connectivity index (χ0n) is 7.89. The van der Waals surface area contributed by atoms with Crippen LogP contribution in [0, 0.1) is 0 Å². The van der Waals surface area contributed by atoms with Crippen LogP contribution in [0.25, 0.3) is 0 Å². The Morgan fingerprint density at radius 3 is 2.45 bits per heavy atom. The van der Waals surface area contributed by atoms with Crippen LogP contribution in [-0.4, -0.2) is 5.60 Å². The van der Waals surface area contributed by atoms with E-state index in [4.69, 9.17) is 9.78 Å². The van der Waals surface area contributed by atoms with Crippen molar-refractivity contribution in [3.63, 3.8) is 0 Å². The van der Waals surface area contributed by atoms with Crippen LogP contribution in [-0.2, 0) is 9.78 Å². The lowest BCUT2D eigenvalue weighted by Crippen LogP contribution is -2.22. The van der Waals surface area contributed by atoms with Crippen molar-refractivity contribution >= 4 is 0 Å². The molecular weight excluding hydrogens is 140 g/mol. The van der Waals surface area contributed by atoms with Gasteiger partial charge in [0.15, 0.2) is 0 Å². The lowest BCUT2D eigenvalue weighted by atomic mass is 10.0. The summed E-state index contributed by atoms with van der Waals surface area (Å²) in [5, 5.41) is 0. The number of allylic oxidation sites excluding steroid dienone is 1. The minimum atomic E-state index is -0.172. The third kappa shape index (κ3) is 5.92. The second-order valence-corrected chi connectivity index (χ2v) is 3.16. The van der Waals surface area contributed by atoms with Gasteiger partial charge in [-0.3, -0.25) is 0 Å². The largest absolute Gasteiger partial charge is 0.345 e. The van der Waals surface area contributed by atoms with E-state index >= 15 is 0 Å². The molecule has 0 fully saturated rings. The van der Waals surface area contributed by atoms with E-state index in [-0.39, 0.29) is 5.60 Å². The quantitative estimate of drug-likeness (QED) is 0.348. The summed E-state index contributed by atoms with van der Waals surface area (Å²) in [6.07, 6.45) is 5.44. The lowest BCUT2D eigenvalue weighted by Gasteiger charge is -2.21. The molecule has 0 aromatic carbocycles. The Morgan fingerprint density at radius 1 is 1.36 bits per heavy atom. The fraction of sp³-hybridized carbons (Fsp3) is 0.778. The molecular formula is C9H18O2. The van der Waals surface area contributed by atoms with E-state index in [1.807, 2.05) is 20.8 Å². The summed E-state index contributed by atoms with van der Waals surface area (Å²) in [4.78, 5) is 9.94. The lowest BCUT2D eigenvalue weighted by molar-refractivity contribution is -0.317. The molecule has 0 amide bonds. The number of hydrogen-bond donors (Lipinski definition) is 0. The minimum absolute atomic E-state index is 0.172. The van der Waals surface area contributed by atoms with Gasteiger partial charge in [0.1, 0.15) is 11.9 Å². The second kappa shape index (κ2) is 5.19. The maximum atomic E-state index is 5.12. The standard InChI is InChI=1S/C9H18O2/c1-5-7-9(3,4)11-10-8-6-2/h6,8H,5,7H2,1-4H3/b8-6+. The molecule has 2 heteroatoms. The normalized spacial score (nSPS) is 12.4. The molecule has 0 heterocycles. The van der Waals surface area contributed by atoms with Crippen LogP contribution in [0.3, 0.4) is 0 Å². The Morgan fingerprint density at radius 2 is 2.00 bits per heavy atom. The molecule has 0 N–H and O–H groups in total. The average molecular weight is 158 g/mol. The van der Waals surface area contributed by atoms with Crippen LogP contribution in [0.2, 0.25) is 0 Å². The third-order valence-electron chi connectivity index (χ3n) is 1.32. The topological polar surface area (TPSA) is 18.5 Å². The Balaban J connectivity index is 3.54. The first kappa shape index (κ1) is 10.5. The summed E-state index contributed by atoms with van der Waals surface area (Å²) in [5.41, 5.74) is -0.172. The highest BCUT2D eigenvalue weighted by molar-refractivity contribution is 4.67. The van der Waals surface area contributed by atoms with E-state index in [0.717, 1.165) is 12.8 Å². The van der Waals surface area contributed by atoms with Crippen molar-refractivity contribution in [3.8, 4) is 0 Å². The van der Waals surface area contributed by atoms with Gasteiger partial charge in [0, 0.05) is 0 Å². The predicted molar refractivity (Wildman–Crippen MR) is 46.0 cm³/mol. The van der Waals surface area contributed by atoms with Gasteiger partial charge >= 0.3 is 0 Å². The van der Waals surface area contributed by atoms with Crippen molar-refractivity contribution < 1.29 is 9.78 Å². The fourth-order valence-electron chi connectivity index (χ4n) is 0.857. The molecule has 0 unspecified atom stereocenters. The average Bonchev–Trinajstić information content (AvgIpc) is 1.87. The monoisotopic (exact) mass is 158 g/mol. The van der Waals surface area contributed by atoms with Gasteiger partial charge in [-0.05, 0) is 33.3 Å². The van der Waals surface area contributed by atoms with Gasteiger partial charge in [0.25, 0.3) is 0 Å². The Kier molecular flexibility index (Phi) is 4.95. The van der Waals surface area contributed by atoms with Crippen molar-refractivity contribution in [3.05, 3.63) is 12.3 Å². The summed E-state index contributed by atoms with van der Waals surface area (Å²) in [6, 6.07) is 0. The first-order valence-electron chi connectivity index (χ1n) is 4.08. The molecule has 0 aromatic heterocycles. The minimum Gasteiger partial charge on any atom is -0.345 e. The SMILES string of the molecule is C/C=C/OOC(C)(C)CCC. The molecule has 66 valence electrons. The van der Waals surface area contributed by atoms with Crippen LogP contribution < -0.4 is 0 Å². The summed E-state index contributed by atoms with van der Waals surface area (Å²) >= 11 is 0. The highest BCUT2D eigenvalue weighted by Gasteiger charge is 2.18. The third-order valence-corrected chi connectivity index (χ3v) is 1.32. The molecule has 2 nitrogen and oxygen atoms in total. The maximum Gasteiger partial charge on any atom is 0.125 e. The Hall–Kier alpha value is -0.500. The van der Waals surface area contributed by atoms with Gasteiger partial charge in [-0.25, -0.2) is 0 Å². The molecule has 0 bridgehead atoms. The molecule has 0 aliphatic heterocycles. The Bertz CT molecular complexity index is 117. The highest BCUT2D eigenvalue weighted by Crippen LogP contribution is 2.16. The van der Waals surface area contributed by atoms with E-state index in [2.05, 4.69) is 6.92 Å². The van der Waals surface area contributed by atoms with E-state index in [1.165, 1.54) is 6.26 Å². The van der Waals surface area contributed by atoms with Crippen LogP contribution in [0.5, 0.6) is 0 Å². The molecule has 0 spiro atoms. The van der Waals surface area contributed by atoms with E-state index in [0.29, 0.717) is 0 Å². The maximum absolute atomic E-state index is 5.12. The van der Waals surface area contributed by atoms with Crippen molar-refractivity contribution in [1.29, 1.82) is 0 Å². The number of rotatable bonds is 5. The fourth-order valence-corrected chi connectivity index (χ4v) is 0.857. The molecule has 0 rings (SSSR count). The smallest absolute Gasteiger partial charge is 0.125 e. The van der Waals surface area contributed by atoms with Crippen LogP contribution >= 0.6 is 0 Å². The van der Waals surface area contributed by atoms with Gasteiger partial charge in [0.2, 0.25) is 0 Å². The first-order chi connectivity index (χ1) is 5.12. The zero-order chi connectivity index (χ0) is 8.74. The Labute approximate surface area is 69.1 Å². The summed E-state index contributed by atoms with van der Waals surface area (Å²) in [5.74, 6) is 0. The van der Waals surface area contributed by atoms with E-state index in [1.54, 1.807) is 6.08 Å². The van der Waals surface area contributed by atoms with E-state index < -0.39 is 0 Å². The molecule has 0 aliphatic carbocycles. The summed E-state index contributed by atoms with van der Waals surface area (Å²) in [6.45, 7) is 8.04. The molecule has 0 saturated carbocycles. The van der Waals surface area contributed by atoms with Gasteiger partial charge in [0.05, 0.1) is 0 Å². The first-order valence-corrected chi connectivity index (χ1v) is 4.08. The van der Waals surface area contributed by atoms with E-state index in [9.17, 15) is 0 Å². The zero-order valence-corrected chi connectivity index (χ0v) is 7.89. The molecule has 0 aromatic rings. The molecule has 0 radical (unpaired) electrons. The summed E-state index contributed by atoms with van der Waals surface area (Å²) < 4.78 is 0.